The van der Waals surface area contributed by atoms with Gasteiger partial charge in [-0.3, -0.25) is 4.79 Å². The van der Waals surface area contributed by atoms with Gasteiger partial charge in [0.2, 0.25) is 5.91 Å². The van der Waals surface area contributed by atoms with E-state index in [1.807, 2.05) is 22.8 Å². The number of nitrogens with zero attached hydrogens (tertiary/aromatic N) is 2. The highest BCUT2D eigenvalue weighted by Gasteiger charge is 2.39. The number of nitrogens with one attached hydrogen (secondary N) is 1. The minimum absolute atomic E-state index is 0.0248. The Kier molecular flexibility index (Phi) is 3.84. The van der Waals surface area contributed by atoms with Crippen LogP contribution in [0.5, 0.6) is 0 Å². The van der Waals surface area contributed by atoms with E-state index in [0.717, 1.165) is 18.0 Å². The summed E-state index contributed by atoms with van der Waals surface area (Å²) in [6.45, 7) is 0.621. The van der Waals surface area contributed by atoms with Crippen LogP contribution in [0.2, 0.25) is 0 Å². The van der Waals surface area contributed by atoms with Gasteiger partial charge in [-0.25, -0.2) is 4.98 Å². The number of carbonyl (C=O) groups excluding carboxylic acids is 1. The number of fused-ring (bicyclic) bond motifs is 1. The van der Waals surface area contributed by atoms with Gasteiger partial charge in [0, 0.05) is 18.5 Å². The Bertz CT molecular complexity index is 420. The van der Waals surface area contributed by atoms with Crippen LogP contribution >= 0.6 is 11.3 Å². The lowest BCUT2D eigenvalue weighted by Gasteiger charge is -2.24. The molecule has 0 aromatic carbocycles. The molecule has 1 saturated heterocycles. The predicted octanol–water partition coefficient (Wildman–Crippen LogP) is 2.02. The number of hydrogen-bond donors (Lipinski definition) is 1. The lowest BCUT2D eigenvalue weighted by molar-refractivity contribution is -0.132. The van der Waals surface area contributed by atoms with Gasteiger partial charge < -0.3 is 10.2 Å². The Hall–Kier alpha value is -0.940. The van der Waals surface area contributed by atoms with Gasteiger partial charge >= 0.3 is 0 Å². The van der Waals surface area contributed by atoms with Crippen molar-refractivity contribution < 1.29 is 4.79 Å². The van der Waals surface area contributed by atoms with Crippen LogP contribution in [-0.4, -0.2) is 34.9 Å². The van der Waals surface area contributed by atoms with E-state index in [4.69, 9.17) is 0 Å². The van der Waals surface area contributed by atoms with E-state index >= 15 is 0 Å². The molecule has 1 amide bonds. The number of aromatic nitrogens is 1. The average Bonchev–Trinajstić information content (AvgIpc) is 3.05. The van der Waals surface area contributed by atoms with E-state index in [2.05, 4.69) is 10.3 Å². The van der Waals surface area contributed by atoms with Gasteiger partial charge in [0.05, 0.1) is 23.8 Å². The molecule has 5 heteroatoms. The van der Waals surface area contributed by atoms with Gasteiger partial charge in [0.1, 0.15) is 0 Å². The molecule has 1 aromatic rings. The van der Waals surface area contributed by atoms with Crippen LogP contribution in [0.1, 0.15) is 37.8 Å². The molecule has 2 heterocycles. The Labute approximate surface area is 118 Å². The van der Waals surface area contributed by atoms with E-state index in [9.17, 15) is 4.79 Å². The third kappa shape index (κ3) is 2.82. The highest BCUT2D eigenvalue weighted by molar-refractivity contribution is 7.07. The van der Waals surface area contributed by atoms with Crippen molar-refractivity contribution in [1.29, 1.82) is 0 Å². The van der Waals surface area contributed by atoms with E-state index < -0.39 is 0 Å². The Morgan fingerprint density at radius 1 is 1.53 bits per heavy atom. The lowest BCUT2D eigenvalue weighted by atomic mass is 9.85. The van der Waals surface area contributed by atoms with Crippen molar-refractivity contribution in [2.45, 2.75) is 50.7 Å². The fourth-order valence-corrected chi connectivity index (χ4v) is 3.96. The first kappa shape index (κ1) is 13.1. The summed E-state index contributed by atoms with van der Waals surface area (Å²) < 4.78 is 0. The van der Waals surface area contributed by atoms with Crippen molar-refractivity contribution in [1.82, 2.24) is 15.2 Å². The maximum Gasteiger partial charge on any atom is 0.239 e. The van der Waals surface area contributed by atoms with Gasteiger partial charge in [0.25, 0.3) is 0 Å². The fraction of sp³-hybridized carbons (Fsp3) is 0.714. The molecule has 0 spiro atoms. The summed E-state index contributed by atoms with van der Waals surface area (Å²) in [4.78, 5) is 18.5. The lowest BCUT2D eigenvalue weighted by Crippen LogP contribution is -2.43. The molecule has 3 unspecified atom stereocenters. The Balaban J connectivity index is 1.58. The second-order valence-corrected chi connectivity index (χ2v) is 6.50. The normalized spacial score (nSPS) is 30.1. The summed E-state index contributed by atoms with van der Waals surface area (Å²) in [6.07, 6.45) is 6.19. The zero-order chi connectivity index (χ0) is 13.2. The number of amides is 1. The smallest absolute Gasteiger partial charge is 0.239 e. The second kappa shape index (κ2) is 5.59. The zero-order valence-electron chi connectivity index (χ0n) is 11.3. The van der Waals surface area contributed by atoms with Crippen LogP contribution < -0.4 is 5.32 Å². The van der Waals surface area contributed by atoms with Crippen molar-refractivity contribution in [3.05, 3.63) is 16.6 Å². The monoisotopic (exact) mass is 279 g/mol. The van der Waals surface area contributed by atoms with Gasteiger partial charge in [0.15, 0.2) is 0 Å². The average molecular weight is 279 g/mol. The van der Waals surface area contributed by atoms with Crippen LogP contribution in [0.4, 0.5) is 0 Å². The molecule has 3 atom stereocenters. The number of thiazole rings is 1. The first-order valence-corrected chi connectivity index (χ1v) is 8.06. The molecular weight excluding hydrogens is 258 g/mol. The summed E-state index contributed by atoms with van der Waals surface area (Å²) in [7, 11) is 1.88. The largest absolute Gasteiger partial charge is 0.338 e. The van der Waals surface area contributed by atoms with Crippen molar-refractivity contribution in [3.63, 3.8) is 0 Å². The highest BCUT2D eigenvalue weighted by atomic mass is 32.1. The topological polar surface area (TPSA) is 45.2 Å². The third-order valence-corrected chi connectivity index (χ3v) is 5.06. The number of carbonyl (C=O) groups is 1. The summed E-state index contributed by atoms with van der Waals surface area (Å²) in [6, 6.07) is 0.604. The molecule has 1 N–H and O–H groups in total. The quantitative estimate of drug-likeness (QED) is 0.920. The Morgan fingerprint density at radius 3 is 3.11 bits per heavy atom. The molecule has 0 radical (unpaired) electrons. The first-order chi connectivity index (χ1) is 9.24. The summed E-state index contributed by atoms with van der Waals surface area (Å²) >= 11 is 1.58. The van der Waals surface area contributed by atoms with Crippen LogP contribution in [0.25, 0.3) is 0 Å². The Morgan fingerprint density at radius 2 is 2.37 bits per heavy atom. The molecule has 19 heavy (non-hydrogen) atoms. The maximum absolute atomic E-state index is 12.5. The number of rotatable bonds is 3. The van der Waals surface area contributed by atoms with Crippen molar-refractivity contribution >= 4 is 17.2 Å². The molecule has 3 rings (SSSR count). The number of hydrogen-bond acceptors (Lipinski definition) is 4. The molecule has 1 aromatic heterocycles. The van der Waals surface area contributed by atoms with Crippen molar-refractivity contribution in [2.75, 3.05) is 7.05 Å². The summed E-state index contributed by atoms with van der Waals surface area (Å²) in [5, 5.41) is 5.55. The van der Waals surface area contributed by atoms with E-state index in [0.29, 0.717) is 12.6 Å². The van der Waals surface area contributed by atoms with Crippen LogP contribution in [-0.2, 0) is 11.3 Å². The van der Waals surface area contributed by atoms with Crippen LogP contribution in [0, 0.1) is 5.92 Å². The second-order valence-electron chi connectivity index (χ2n) is 5.78. The van der Waals surface area contributed by atoms with Crippen LogP contribution in [0.3, 0.4) is 0 Å². The molecular formula is C14H21N3OS. The van der Waals surface area contributed by atoms with Crippen LogP contribution in [0.15, 0.2) is 10.9 Å². The number of likely N-dealkylation sites (N-methyl/N-ethyl adjacent to an activating group) is 1. The highest BCUT2D eigenvalue weighted by Crippen LogP contribution is 2.33. The predicted molar refractivity (Wildman–Crippen MR) is 75.9 cm³/mol. The molecule has 2 aliphatic rings. The SMILES string of the molecule is CN(Cc1cscn1)C(=O)C1CC2CCCCC2N1. The van der Waals surface area contributed by atoms with Crippen molar-refractivity contribution in [3.8, 4) is 0 Å². The third-order valence-electron chi connectivity index (χ3n) is 4.42. The van der Waals surface area contributed by atoms with Gasteiger partial charge in [-0.1, -0.05) is 12.8 Å². The molecule has 1 aliphatic heterocycles. The van der Waals surface area contributed by atoms with Gasteiger partial charge in [-0.05, 0) is 25.2 Å². The fourth-order valence-electron chi connectivity index (χ4n) is 3.41. The first-order valence-electron chi connectivity index (χ1n) is 7.12. The summed E-state index contributed by atoms with van der Waals surface area (Å²) in [5.74, 6) is 0.942. The standard InChI is InChI=1S/C14H21N3OS/c1-17(7-11-8-19-9-15-11)14(18)13-6-10-4-2-3-5-12(10)16-13/h8-10,12-13,16H,2-7H2,1H3. The van der Waals surface area contributed by atoms with E-state index in [1.165, 1.54) is 25.7 Å². The van der Waals surface area contributed by atoms with E-state index in [-0.39, 0.29) is 11.9 Å². The minimum Gasteiger partial charge on any atom is -0.338 e. The summed E-state index contributed by atoms with van der Waals surface area (Å²) in [5.41, 5.74) is 2.80. The van der Waals surface area contributed by atoms with Crippen molar-refractivity contribution in [2.24, 2.45) is 5.92 Å². The molecule has 4 nitrogen and oxygen atoms in total. The zero-order valence-corrected chi connectivity index (χ0v) is 12.2. The molecule has 1 saturated carbocycles. The molecule has 2 fully saturated rings. The molecule has 104 valence electrons. The maximum atomic E-state index is 12.5. The molecule has 1 aliphatic carbocycles. The van der Waals surface area contributed by atoms with Gasteiger partial charge in [-0.15, -0.1) is 11.3 Å². The molecule has 0 bridgehead atoms. The van der Waals surface area contributed by atoms with E-state index in [1.54, 1.807) is 11.3 Å². The van der Waals surface area contributed by atoms with Gasteiger partial charge in [-0.2, -0.15) is 0 Å². The minimum atomic E-state index is 0.0248.